The van der Waals surface area contributed by atoms with Crippen LogP contribution in [-0.2, 0) is 33.6 Å². The summed E-state index contributed by atoms with van der Waals surface area (Å²) >= 11 is 0. The lowest BCUT2D eigenvalue weighted by atomic mass is 9.84. The lowest BCUT2D eigenvalue weighted by molar-refractivity contribution is -0.137. The Bertz CT molecular complexity index is 3090. The van der Waals surface area contributed by atoms with Crippen LogP contribution in [0.25, 0.3) is 0 Å². The van der Waals surface area contributed by atoms with Crippen LogP contribution in [0.4, 0.5) is 0 Å². The van der Waals surface area contributed by atoms with Crippen LogP contribution in [0.3, 0.4) is 0 Å². The van der Waals surface area contributed by atoms with E-state index in [1.807, 2.05) is 49.3 Å². The van der Waals surface area contributed by atoms with Gasteiger partial charge >= 0.3 is 0 Å². The Morgan fingerprint density at radius 2 is 0.475 bits per heavy atom. The van der Waals surface area contributed by atoms with Gasteiger partial charge < -0.3 is 71.5 Å². The molecule has 16 aliphatic rings. The van der Waals surface area contributed by atoms with Crippen LogP contribution >= 0.6 is 0 Å². The molecule has 7 saturated heterocycles. The molecule has 21 heteroatoms. The lowest BCUT2D eigenvalue weighted by Crippen LogP contribution is -2.50. The third-order valence-corrected chi connectivity index (χ3v) is 32.8. The third-order valence-electron chi connectivity index (χ3n) is 32.8. The number of nitrogens with one attached hydrogen (secondary N) is 7. The van der Waals surface area contributed by atoms with E-state index >= 15 is 0 Å². The molecule has 16 fully saturated rings. The van der Waals surface area contributed by atoms with Crippen molar-refractivity contribution in [2.75, 3.05) is 134 Å². The van der Waals surface area contributed by atoms with Gasteiger partial charge in [-0.2, -0.15) is 0 Å². The summed E-state index contributed by atoms with van der Waals surface area (Å²) in [4.78, 5) is 102. The first-order valence-electron chi connectivity index (χ1n) is 51.6. The molecular formula is C101H184N14O7. The van der Waals surface area contributed by atoms with E-state index in [-0.39, 0.29) is 42.3 Å². The Hall–Kier alpha value is -3.99. The summed E-state index contributed by atoms with van der Waals surface area (Å²) < 4.78 is 0. The Morgan fingerprint density at radius 3 is 0.721 bits per heavy atom. The van der Waals surface area contributed by atoms with Gasteiger partial charge in [0.15, 0.2) is 0 Å². The van der Waals surface area contributed by atoms with Gasteiger partial charge in [-0.1, -0.05) is 126 Å². The number of carbonyl (C=O) groups is 7. The van der Waals surface area contributed by atoms with E-state index in [1.54, 1.807) is 0 Å². The molecule has 21 nitrogen and oxygen atoms in total. The Balaban J connectivity index is 0.000000149. The summed E-state index contributed by atoms with van der Waals surface area (Å²) in [6.07, 6.45) is 53.1. The SMILES string of the molecule is CNC1CCC(C)CN(C2CC3CCC(C3)C2)C1=O.CNC1CCC(C)CN(CC2CC2)C1=O.CNC1CCC(C)CN(CC2CCC2)C1=O.CNC1CCC(C)CN(CC2CCC3CC32)C1=O.CNC1CCC(C)CN(CC2CCCC2)C1=O.CNC1CCC(C)CN(CC2CCCCC2)C1=O.CNC1CCC(C)CN(CC2CCCCCC2)C1=O. The van der Waals surface area contributed by atoms with Crippen molar-refractivity contribution in [1.82, 2.24) is 71.5 Å². The highest BCUT2D eigenvalue weighted by Gasteiger charge is 2.49. The molecule has 0 spiro atoms. The van der Waals surface area contributed by atoms with Crippen molar-refractivity contribution < 1.29 is 33.6 Å². The Morgan fingerprint density at radius 1 is 0.230 bits per heavy atom. The van der Waals surface area contributed by atoms with Crippen molar-refractivity contribution in [1.29, 1.82) is 0 Å². The van der Waals surface area contributed by atoms with Gasteiger partial charge in [-0.3, -0.25) is 33.6 Å². The number of likely N-dealkylation sites (N-methyl/N-ethyl adjacent to an activating group) is 7. The van der Waals surface area contributed by atoms with Gasteiger partial charge in [0, 0.05) is 91.1 Å². The molecule has 700 valence electrons. The van der Waals surface area contributed by atoms with Crippen LogP contribution < -0.4 is 37.2 Å². The molecule has 7 aliphatic heterocycles. The fourth-order valence-corrected chi connectivity index (χ4v) is 24.3. The second-order valence-electron chi connectivity index (χ2n) is 43.5. The van der Waals surface area contributed by atoms with Gasteiger partial charge in [-0.15, -0.1) is 0 Å². The first kappa shape index (κ1) is 100. The van der Waals surface area contributed by atoms with Crippen molar-refractivity contribution in [3.8, 4) is 0 Å². The molecule has 7 N–H and O–H groups in total. The van der Waals surface area contributed by atoms with E-state index in [0.29, 0.717) is 88.8 Å². The largest absolute Gasteiger partial charge is 0.341 e. The zero-order chi connectivity index (χ0) is 87.4. The number of hydrogen-bond acceptors (Lipinski definition) is 14. The minimum atomic E-state index is 0.0516. The molecule has 0 radical (unpaired) electrons. The fraction of sp³-hybridized carbons (Fsp3) is 0.931. The lowest BCUT2D eigenvalue weighted by Gasteiger charge is -2.38. The number of nitrogens with zero attached hydrogens (tertiary/aromatic N) is 7. The average Bonchev–Trinajstić information content (AvgIpc) is 1.62. The highest BCUT2D eigenvalue weighted by atomic mass is 16.2. The van der Waals surface area contributed by atoms with Crippen molar-refractivity contribution in [2.45, 2.75) is 366 Å². The van der Waals surface area contributed by atoms with E-state index < -0.39 is 0 Å². The maximum atomic E-state index is 12.7. The smallest absolute Gasteiger partial charge is 0.239 e. The molecule has 0 aromatic heterocycles. The van der Waals surface area contributed by atoms with Crippen LogP contribution in [0.5, 0.6) is 0 Å². The summed E-state index contributed by atoms with van der Waals surface area (Å²) in [6.45, 7) is 28.8. The van der Waals surface area contributed by atoms with E-state index in [2.05, 4.69) is 120 Å². The molecular weight excluding hydrogens is 1520 g/mol. The van der Waals surface area contributed by atoms with Crippen molar-refractivity contribution >= 4 is 41.4 Å². The maximum absolute atomic E-state index is 12.7. The normalized spacial score (nSPS) is 35.4. The molecule has 19 unspecified atom stereocenters. The second kappa shape index (κ2) is 51.4. The van der Waals surface area contributed by atoms with Crippen LogP contribution in [0.15, 0.2) is 0 Å². The molecule has 0 aromatic carbocycles. The average molecular weight is 1710 g/mol. The molecule has 2 bridgehead atoms. The first-order valence-corrected chi connectivity index (χ1v) is 51.6. The Labute approximate surface area is 743 Å². The summed E-state index contributed by atoms with van der Waals surface area (Å²) in [6, 6.07) is 0.945. The molecule has 0 aromatic rings. The van der Waals surface area contributed by atoms with Crippen molar-refractivity contribution in [2.24, 2.45) is 101 Å². The molecule has 7 heterocycles. The summed E-state index contributed by atoms with van der Waals surface area (Å²) in [5.41, 5.74) is 0. The Kier molecular flexibility index (Phi) is 42.2. The zero-order valence-corrected chi connectivity index (χ0v) is 80.3. The number of amides is 7. The van der Waals surface area contributed by atoms with Crippen LogP contribution in [-0.4, -0.2) is 258 Å². The van der Waals surface area contributed by atoms with Gasteiger partial charge in [0.05, 0.1) is 42.3 Å². The van der Waals surface area contributed by atoms with E-state index in [1.165, 1.54) is 225 Å². The molecule has 122 heavy (non-hydrogen) atoms. The highest BCUT2D eigenvalue weighted by Crippen LogP contribution is 2.55. The number of hydrogen-bond donors (Lipinski definition) is 7. The topological polar surface area (TPSA) is 226 Å². The minimum Gasteiger partial charge on any atom is -0.341 e. The molecule has 19 atom stereocenters. The van der Waals surface area contributed by atoms with Crippen LogP contribution in [0.2, 0.25) is 0 Å². The summed E-state index contributed by atoms with van der Waals surface area (Å²) in [5, 5.41) is 22.3. The number of rotatable bonds is 20. The van der Waals surface area contributed by atoms with Gasteiger partial charge in [0.2, 0.25) is 41.4 Å². The number of fused-ring (bicyclic) bond motifs is 3. The fourth-order valence-electron chi connectivity index (χ4n) is 24.3. The quantitative estimate of drug-likeness (QED) is 0.0563. The van der Waals surface area contributed by atoms with Crippen molar-refractivity contribution in [3.05, 3.63) is 0 Å². The number of carbonyl (C=O) groups excluding carboxylic acids is 7. The van der Waals surface area contributed by atoms with Crippen LogP contribution in [0, 0.1) is 101 Å². The third kappa shape index (κ3) is 31.1. The van der Waals surface area contributed by atoms with Crippen molar-refractivity contribution in [3.63, 3.8) is 0 Å². The van der Waals surface area contributed by atoms with Crippen LogP contribution in [0.1, 0.15) is 318 Å². The summed E-state index contributed by atoms with van der Waals surface area (Å²) in [5.74, 6) is 15.4. The van der Waals surface area contributed by atoms with E-state index in [9.17, 15) is 33.6 Å². The van der Waals surface area contributed by atoms with Gasteiger partial charge in [-0.25, -0.2) is 0 Å². The monoisotopic (exact) mass is 1710 g/mol. The minimum absolute atomic E-state index is 0.0516. The molecule has 7 amide bonds. The predicted octanol–water partition coefficient (Wildman–Crippen LogP) is 14.4. The number of likely N-dealkylation sites (tertiary alicyclic amines) is 7. The molecule has 9 saturated carbocycles. The molecule has 9 aliphatic carbocycles. The first-order chi connectivity index (χ1) is 58.9. The maximum Gasteiger partial charge on any atom is 0.239 e. The second-order valence-corrected chi connectivity index (χ2v) is 43.5. The van der Waals surface area contributed by atoms with E-state index in [4.69, 9.17) is 0 Å². The van der Waals surface area contributed by atoms with E-state index in [0.717, 1.165) is 189 Å². The summed E-state index contributed by atoms with van der Waals surface area (Å²) in [7, 11) is 13.4. The standard InChI is InChI=1S/C16H28N2O.C16H30N2O.C15H26N2O.C15H28N2O.C14H26N2O.C13H24N2O.C12H22N2O/c1-11-3-6-15(17-2)16(19)18(10-11)14-8-12-4-5-13(7-12)9-14;1-13-9-10-15(17-2)16(19)18(11-13)12-14-7-5-3-4-6-8-14;1-10-3-6-14(16-2)15(18)17(8-10)9-12-5-4-11-7-13(11)12;1-12-8-9-14(16-2)15(18)17(10-12)11-13-6-4-3-5-7-13;1-11-7-8-13(15-2)14(17)16(9-11)10-12-5-3-4-6-12;1-10-6-7-12(14-2)13(16)15(8-10)9-11-4-3-5-11;1-9-3-6-11(13-2)12(15)14(7-9)8-10-4-5-10/h11-15,17H,3-10H2,1-2H3;13-15,17H,3-12H2,1-2H3;10-14,16H,3-9H2,1-2H3;12-14,16H,3-11H2,1-2H3;11-13,15H,3-10H2,1-2H3;10-12,14H,3-9H2,1-2H3;9-11,13H,3-8H2,1-2H3. The van der Waals surface area contributed by atoms with Gasteiger partial charge in [-0.05, 0) is 343 Å². The van der Waals surface area contributed by atoms with Gasteiger partial charge in [0.25, 0.3) is 0 Å². The molecule has 16 rings (SSSR count). The van der Waals surface area contributed by atoms with Gasteiger partial charge in [0.1, 0.15) is 0 Å². The zero-order valence-electron chi connectivity index (χ0n) is 80.3. The highest BCUT2D eigenvalue weighted by molar-refractivity contribution is 5.85. The predicted molar refractivity (Wildman–Crippen MR) is 498 cm³/mol.